The molecule has 20 heavy (non-hydrogen) atoms. The molecule has 2 aromatic rings. The molecular weight excluding hydrogens is 248 g/mol. The van der Waals surface area contributed by atoms with Gasteiger partial charge in [-0.15, -0.1) is 0 Å². The van der Waals surface area contributed by atoms with Crippen LogP contribution in [0.3, 0.4) is 0 Å². The summed E-state index contributed by atoms with van der Waals surface area (Å²) in [6, 6.07) is 14.2. The Balaban J connectivity index is 2.18. The summed E-state index contributed by atoms with van der Waals surface area (Å²) in [6.45, 7) is 4.46. The molecular formula is C17H22N2O. The summed E-state index contributed by atoms with van der Waals surface area (Å²) in [4.78, 5) is 12.2. The number of carbonyl (C=O) groups is 1. The Labute approximate surface area is 120 Å². The van der Waals surface area contributed by atoms with Crippen molar-refractivity contribution in [2.45, 2.75) is 32.2 Å². The van der Waals surface area contributed by atoms with Crippen LogP contribution in [0.25, 0.3) is 10.8 Å². The molecule has 0 spiro atoms. The molecule has 0 aliphatic carbocycles. The highest BCUT2D eigenvalue weighted by molar-refractivity contribution is 5.90. The average Bonchev–Trinajstić information content (AvgIpc) is 2.47. The Morgan fingerprint density at radius 1 is 1.20 bits per heavy atom. The maximum atomic E-state index is 12.2. The van der Waals surface area contributed by atoms with E-state index in [1.807, 2.05) is 38.1 Å². The lowest BCUT2D eigenvalue weighted by Gasteiger charge is -2.28. The molecule has 1 unspecified atom stereocenters. The molecule has 3 heteroatoms. The summed E-state index contributed by atoms with van der Waals surface area (Å²) < 4.78 is 0. The number of nitrogens with two attached hydrogens (primary N) is 1. The van der Waals surface area contributed by atoms with Crippen LogP contribution in [0.2, 0.25) is 0 Å². The van der Waals surface area contributed by atoms with E-state index in [1.54, 1.807) is 0 Å². The van der Waals surface area contributed by atoms with E-state index in [4.69, 9.17) is 5.73 Å². The van der Waals surface area contributed by atoms with Crippen molar-refractivity contribution in [3.8, 4) is 0 Å². The summed E-state index contributed by atoms with van der Waals surface area (Å²) in [5.41, 5.74) is 6.47. The van der Waals surface area contributed by atoms with E-state index in [0.717, 1.165) is 22.8 Å². The Morgan fingerprint density at radius 3 is 2.60 bits per heavy atom. The highest BCUT2D eigenvalue weighted by Crippen LogP contribution is 2.19. The van der Waals surface area contributed by atoms with Gasteiger partial charge in [0.2, 0.25) is 5.91 Å². The first kappa shape index (κ1) is 14.5. The van der Waals surface area contributed by atoms with Gasteiger partial charge in [0.15, 0.2) is 0 Å². The van der Waals surface area contributed by atoms with Crippen molar-refractivity contribution in [1.82, 2.24) is 5.32 Å². The molecule has 0 saturated carbocycles. The first-order chi connectivity index (χ1) is 9.58. The standard InChI is InChI=1S/C17H22N2O/c1-3-17(2,12-18)19-16(20)11-14-9-6-8-13-7-4-5-10-15(13)14/h4-10H,3,11-12,18H2,1-2H3,(H,19,20). The molecule has 3 N–H and O–H groups in total. The minimum atomic E-state index is -0.318. The van der Waals surface area contributed by atoms with Crippen LogP contribution in [0, 0.1) is 0 Å². The molecule has 0 fully saturated rings. The van der Waals surface area contributed by atoms with E-state index < -0.39 is 0 Å². The van der Waals surface area contributed by atoms with Gasteiger partial charge in [0, 0.05) is 12.1 Å². The van der Waals surface area contributed by atoms with Crippen LogP contribution < -0.4 is 11.1 Å². The number of rotatable bonds is 5. The molecule has 1 amide bonds. The predicted octanol–water partition coefficient (Wildman–Crippen LogP) is 2.63. The minimum absolute atomic E-state index is 0.0242. The molecule has 0 aliphatic rings. The lowest BCUT2D eigenvalue weighted by molar-refractivity contribution is -0.122. The van der Waals surface area contributed by atoms with Gasteiger partial charge in [0.1, 0.15) is 0 Å². The third kappa shape index (κ3) is 3.17. The summed E-state index contributed by atoms with van der Waals surface area (Å²) in [5.74, 6) is 0.0242. The Hall–Kier alpha value is -1.87. The number of carbonyl (C=O) groups excluding carboxylic acids is 1. The minimum Gasteiger partial charge on any atom is -0.349 e. The molecule has 0 heterocycles. The molecule has 0 aromatic heterocycles. The molecule has 1 atom stereocenters. The maximum absolute atomic E-state index is 12.2. The van der Waals surface area contributed by atoms with Crippen LogP contribution in [-0.4, -0.2) is 18.0 Å². The molecule has 2 rings (SSSR count). The number of benzene rings is 2. The quantitative estimate of drug-likeness (QED) is 0.877. The summed E-state index contributed by atoms with van der Waals surface area (Å²) in [5, 5.41) is 5.34. The maximum Gasteiger partial charge on any atom is 0.224 e. The van der Waals surface area contributed by atoms with Crippen molar-refractivity contribution in [2.24, 2.45) is 5.73 Å². The zero-order valence-electron chi connectivity index (χ0n) is 12.1. The fourth-order valence-electron chi connectivity index (χ4n) is 2.28. The second kappa shape index (κ2) is 6.06. The third-order valence-electron chi connectivity index (χ3n) is 3.90. The SMILES string of the molecule is CCC(C)(CN)NC(=O)Cc1cccc2ccccc12. The van der Waals surface area contributed by atoms with Gasteiger partial charge < -0.3 is 11.1 Å². The fraction of sp³-hybridized carbons (Fsp3) is 0.353. The molecule has 0 radical (unpaired) electrons. The van der Waals surface area contributed by atoms with Crippen molar-refractivity contribution >= 4 is 16.7 Å². The van der Waals surface area contributed by atoms with Gasteiger partial charge in [-0.1, -0.05) is 49.4 Å². The molecule has 0 saturated heterocycles. The van der Waals surface area contributed by atoms with Crippen molar-refractivity contribution in [3.63, 3.8) is 0 Å². The highest BCUT2D eigenvalue weighted by atomic mass is 16.1. The van der Waals surface area contributed by atoms with Crippen molar-refractivity contribution in [2.75, 3.05) is 6.54 Å². The fourth-order valence-corrected chi connectivity index (χ4v) is 2.28. The van der Waals surface area contributed by atoms with Crippen LogP contribution >= 0.6 is 0 Å². The van der Waals surface area contributed by atoms with E-state index in [1.165, 1.54) is 0 Å². The topological polar surface area (TPSA) is 55.1 Å². The van der Waals surface area contributed by atoms with Gasteiger partial charge in [0.05, 0.1) is 6.42 Å². The molecule has 3 nitrogen and oxygen atoms in total. The van der Waals surface area contributed by atoms with Gasteiger partial charge >= 0.3 is 0 Å². The van der Waals surface area contributed by atoms with Crippen LogP contribution in [0.15, 0.2) is 42.5 Å². The van der Waals surface area contributed by atoms with E-state index in [-0.39, 0.29) is 11.4 Å². The number of fused-ring (bicyclic) bond motifs is 1. The number of amides is 1. The average molecular weight is 270 g/mol. The zero-order valence-corrected chi connectivity index (χ0v) is 12.1. The van der Waals surface area contributed by atoms with E-state index in [9.17, 15) is 4.79 Å². The van der Waals surface area contributed by atoms with Gasteiger partial charge in [-0.25, -0.2) is 0 Å². The van der Waals surface area contributed by atoms with E-state index >= 15 is 0 Å². The normalized spacial score (nSPS) is 13.9. The number of hydrogen-bond donors (Lipinski definition) is 2. The summed E-state index contributed by atoms with van der Waals surface area (Å²) >= 11 is 0. The lowest BCUT2D eigenvalue weighted by Crippen LogP contribution is -2.51. The number of nitrogens with one attached hydrogen (secondary N) is 1. The zero-order chi connectivity index (χ0) is 14.6. The highest BCUT2D eigenvalue weighted by Gasteiger charge is 2.22. The van der Waals surface area contributed by atoms with Gasteiger partial charge in [0.25, 0.3) is 0 Å². The third-order valence-corrected chi connectivity index (χ3v) is 3.90. The van der Waals surface area contributed by atoms with E-state index in [0.29, 0.717) is 13.0 Å². The summed E-state index contributed by atoms with van der Waals surface area (Å²) in [7, 11) is 0. The van der Waals surface area contributed by atoms with E-state index in [2.05, 4.69) is 23.5 Å². The van der Waals surface area contributed by atoms with Crippen molar-refractivity contribution in [3.05, 3.63) is 48.0 Å². The Kier molecular flexibility index (Phi) is 4.40. The van der Waals surface area contributed by atoms with Crippen molar-refractivity contribution < 1.29 is 4.79 Å². The lowest BCUT2D eigenvalue weighted by atomic mass is 9.97. The summed E-state index contributed by atoms with van der Waals surface area (Å²) in [6.07, 6.45) is 1.21. The first-order valence-electron chi connectivity index (χ1n) is 7.06. The monoisotopic (exact) mass is 270 g/mol. The Morgan fingerprint density at radius 2 is 1.90 bits per heavy atom. The van der Waals surface area contributed by atoms with Gasteiger partial charge in [-0.05, 0) is 29.7 Å². The van der Waals surface area contributed by atoms with Crippen molar-refractivity contribution in [1.29, 1.82) is 0 Å². The molecule has 2 aromatic carbocycles. The van der Waals surface area contributed by atoms with Gasteiger partial charge in [-0.3, -0.25) is 4.79 Å². The molecule has 0 bridgehead atoms. The van der Waals surface area contributed by atoms with Crippen LogP contribution in [0.4, 0.5) is 0 Å². The van der Waals surface area contributed by atoms with Crippen LogP contribution in [-0.2, 0) is 11.2 Å². The number of hydrogen-bond acceptors (Lipinski definition) is 2. The largest absolute Gasteiger partial charge is 0.349 e. The van der Waals surface area contributed by atoms with Crippen LogP contribution in [0.1, 0.15) is 25.8 Å². The molecule has 106 valence electrons. The Bertz CT molecular complexity index is 597. The van der Waals surface area contributed by atoms with Gasteiger partial charge in [-0.2, -0.15) is 0 Å². The second-order valence-electron chi connectivity index (χ2n) is 5.48. The first-order valence-corrected chi connectivity index (χ1v) is 7.06. The molecule has 0 aliphatic heterocycles. The smallest absolute Gasteiger partial charge is 0.224 e. The predicted molar refractivity (Wildman–Crippen MR) is 83.5 cm³/mol. The van der Waals surface area contributed by atoms with Crippen LogP contribution in [0.5, 0.6) is 0 Å². The second-order valence-corrected chi connectivity index (χ2v) is 5.48.